The van der Waals surface area contributed by atoms with E-state index in [1.54, 1.807) is 7.11 Å². The molecule has 1 heterocycles. The van der Waals surface area contributed by atoms with Crippen LogP contribution in [0.15, 0.2) is 112 Å². The summed E-state index contributed by atoms with van der Waals surface area (Å²) in [7, 11) is 1.69. The Labute approximate surface area is 190 Å². The van der Waals surface area contributed by atoms with E-state index in [0.29, 0.717) is 11.0 Å². The van der Waals surface area contributed by atoms with Crippen molar-refractivity contribution in [2.75, 3.05) is 7.11 Å². The van der Waals surface area contributed by atoms with Crippen LogP contribution in [0.1, 0.15) is 0 Å². The Kier molecular flexibility index (Phi) is 4.48. The summed E-state index contributed by atoms with van der Waals surface area (Å²) in [5, 5.41) is 4.32. The molecule has 6 aromatic rings. The average Bonchev–Trinajstić information content (AvgIpc) is 2.88. The zero-order valence-corrected chi connectivity index (χ0v) is 18.0. The first-order valence-corrected chi connectivity index (χ1v) is 10.9. The molecule has 158 valence electrons. The van der Waals surface area contributed by atoms with Crippen LogP contribution in [0.25, 0.3) is 54.8 Å². The van der Waals surface area contributed by atoms with E-state index in [0.717, 1.165) is 49.5 Å². The Bertz CT molecular complexity index is 1700. The minimum Gasteiger partial charge on any atom is -0.496 e. The number of rotatable bonds is 3. The lowest BCUT2D eigenvalue weighted by molar-refractivity contribution is 0.420. The van der Waals surface area contributed by atoms with Crippen LogP contribution in [0, 0.1) is 0 Å². The van der Waals surface area contributed by atoms with Gasteiger partial charge in [-0.1, -0.05) is 91.0 Å². The molecule has 0 saturated carbocycles. The van der Waals surface area contributed by atoms with Gasteiger partial charge in [0.1, 0.15) is 11.3 Å². The molecule has 0 amide bonds. The van der Waals surface area contributed by atoms with Crippen molar-refractivity contribution < 1.29 is 9.15 Å². The van der Waals surface area contributed by atoms with Gasteiger partial charge in [-0.05, 0) is 28.6 Å². The largest absolute Gasteiger partial charge is 0.496 e. The summed E-state index contributed by atoms with van der Waals surface area (Å²) >= 11 is 0. The molecule has 0 radical (unpaired) electrons. The summed E-state index contributed by atoms with van der Waals surface area (Å²) in [5.41, 5.74) is 4.02. The quantitative estimate of drug-likeness (QED) is 0.217. The Balaban J connectivity index is 2.01. The van der Waals surface area contributed by atoms with Crippen LogP contribution < -0.4 is 10.4 Å². The molecule has 0 aliphatic carbocycles. The van der Waals surface area contributed by atoms with Crippen molar-refractivity contribution in [1.82, 2.24) is 0 Å². The van der Waals surface area contributed by atoms with E-state index in [9.17, 15) is 4.79 Å². The number of hydrogen-bond acceptors (Lipinski definition) is 3. The highest BCUT2D eigenvalue weighted by Crippen LogP contribution is 2.47. The van der Waals surface area contributed by atoms with E-state index in [1.165, 1.54) is 0 Å². The zero-order valence-electron chi connectivity index (χ0n) is 18.0. The fourth-order valence-corrected chi connectivity index (χ4v) is 4.86. The Morgan fingerprint density at radius 1 is 0.576 bits per heavy atom. The Hall–Kier alpha value is -4.37. The lowest BCUT2D eigenvalue weighted by Gasteiger charge is -2.20. The predicted molar refractivity (Wildman–Crippen MR) is 135 cm³/mol. The van der Waals surface area contributed by atoms with Gasteiger partial charge in [-0.25, -0.2) is 4.79 Å². The van der Waals surface area contributed by atoms with E-state index in [1.807, 2.05) is 84.9 Å². The summed E-state index contributed by atoms with van der Waals surface area (Å²) in [5.74, 6) is 0.766. The molecule has 0 aliphatic rings. The first-order chi connectivity index (χ1) is 16.3. The first-order valence-electron chi connectivity index (χ1n) is 10.9. The predicted octanol–water partition coefficient (Wildman–Crippen LogP) is 7.44. The Morgan fingerprint density at radius 2 is 1.15 bits per heavy atom. The van der Waals surface area contributed by atoms with Gasteiger partial charge in [0.15, 0.2) is 0 Å². The fourth-order valence-electron chi connectivity index (χ4n) is 4.86. The standard InChI is InChI=1S/C30H20O3/c1-32-24-18-10-16-22-27-21-15-8-9-17-23(21)33-30(31)29(27)26(20-13-6-3-7-14-20)25(28(22)24)19-11-4-2-5-12-19/h2-18H,1H3. The van der Waals surface area contributed by atoms with E-state index >= 15 is 0 Å². The molecule has 5 aromatic carbocycles. The lowest BCUT2D eigenvalue weighted by Crippen LogP contribution is -2.05. The molecule has 0 saturated heterocycles. The summed E-state index contributed by atoms with van der Waals surface area (Å²) in [6.45, 7) is 0. The number of methoxy groups -OCH3 is 1. The maximum Gasteiger partial charge on any atom is 0.344 e. The summed E-state index contributed by atoms with van der Waals surface area (Å²) in [4.78, 5) is 13.6. The van der Waals surface area contributed by atoms with Crippen molar-refractivity contribution >= 4 is 32.5 Å². The highest BCUT2D eigenvalue weighted by atomic mass is 16.5. The molecule has 0 aliphatic heterocycles. The number of ether oxygens (including phenoxy) is 1. The molecule has 6 rings (SSSR count). The van der Waals surface area contributed by atoms with Crippen molar-refractivity contribution in [1.29, 1.82) is 0 Å². The van der Waals surface area contributed by atoms with Crippen LogP contribution in [0.5, 0.6) is 5.75 Å². The second-order valence-electron chi connectivity index (χ2n) is 8.00. The second kappa shape index (κ2) is 7.64. The third kappa shape index (κ3) is 2.94. The third-order valence-corrected chi connectivity index (χ3v) is 6.20. The monoisotopic (exact) mass is 428 g/mol. The molecular weight excluding hydrogens is 408 g/mol. The highest BCUT2D eigenvalue weighted by molar-refractivity contribution is 6.28. The maximum atomic E-state index is 13.6. The summed E-state index contributed by atoms with van der Waals surface area (Å²) in [6, 6.07) is 33.9. The number of benzene rings is 5. The van der Waals surface area contributed by atoms with Crippen molar-refractivity contribution in [2.24, 2.45) is 0 Å². The van der Waals surface area contributed by atoms with Crippen LogP contribution in [0.4, 0.5) is 0 Å². The number of para-hydroxylation sites is 1. The molecular formula is C30H20O3. The first kappa shape index (κ1) is 19.3. The van der Waals surface area contributed by atoms with Gasteiger partial charge in [0, 0.05) is 27.3 Å². The third-order valence-electron chi connectivity index (χ3n) is 6.20. The SMILES string of the molecule is COc1cccc2c1c(-c1ccccc1)c(-c1ccccc1)c1c(=O)oc3ccccc3c12. The number of hydrogen-bond donors (Lipinski definition) is 0. The molecule has 0 unspecified atom stereocenters. The summed E-state index contributed by atoms with van der Waals surface area (Å²) < 4.78 is 11.7. The molecule has 0 N–H and O–H groups in total. The molecule has 0 fully saturated rings. The maximum absolute atomic E-state index is 13.6. The fraction of sp³-hybridized carbons (Fsp3) is 0.0333. The van der Waals surface area contributed by atoms with Gasteiger partial charge in [-0.15, -0.1) is 0 Å². The number of fused-ring (bicyclic) bond motifs is 5. The van der Waals surface area contributed by atoms with Gasteiger partial charge in [0.05, 0.1) is 12.5 Å². The van der Waals surface area contributed by atoms with Crippen LogP contribution in [-0.2, 0) is 0 Å². The molecule has 0 atom stereocenters. The molecule has 33 heavy (non-hydrogen) atoms. The zero-order chi connectivity index (χ0) is 22.4. The normalized spacial score (nSPS) is 11.3. The van der Waals surface area contributed by atoms with E-state index in [-0.39, 0.29) is 5.63 Å². The van der Waals surface area contributed by atoms with Gasteiger partial charge in [-0.2, -0.15) is 0 Å². The van der Waals surface area contributed by atoms with Gasteiger partial charge in [0.2, 0.25) is 0 Å². The van der Waals surface area contributed by atoms with Crippen molar-refractivity contribution in [2.45, 2.75) is 0 Å². The highest BCUT2D eigenvalue weighted by Gasteiger charge is 2.24. The molecule has 3 heteroatoms. The topological polar surface area (TPSA) is 39.4 Å². The molecule has 0 spiro atoms. The van der Waals surface area contributed by atoms with Crippen LogP contribution in [0.3, 0.4) is 0 Å². The second-order valence-corrected chi connectivity index (χ2v) is 8.00. The summed E-state index contributed by atoms with van der Waals surface area (Å²) in [6.07, 6.45) is 0. The molecule has 0 bridgehead atoms. The van der Waals surface area contributed by atoms with Crippen molar-refractivity contribution in [3.05, 3.63) is 114 Å². The van der Waals surface area contributed by atoms with Crippen LogP contribution in [-0.4, -0.2) is 7.11 Å². The minimum absolute atomic E-state index is 0.343. The van der Waals surface area contributed by atoms with Crippen LogP contribution in [0.2, 0.25) is 0 Å². The lowest BCUT2D eigenvalue weighted by atomic mass is 9.84. The molecule has 3 nitrogen and oxygen atoms in total. The van der Waals surface area contributed by atoms with E-state index < -0.39 is 0 Å². The van der Waals surface area contributed by atoms with Gasteiger partial charge >= 0.3 is 5.63 Å². The smallest absolute Gasteiger partial charge is 0.344 e. The Morgan fingerprint density at radius 3 is 1.82 bits per heavy atom. The molecule has 1 aromatic heterocycles. The van der Waals surface area contributed by atoms with Crippen LogP contribution >= 0.6 is 0 Å². The van der Waals surface area contributed by atoms with E-state index in [4.69, 9.17) is 9.15 Å². The van der Waals surface area contributed by atoms with Gasteiger partial charge < -0.3 is 9.15 Å². The van der Waals surface area contributed by atoms with Crippen molar-refractivity contribution in [3.8, 4) is 28.0 Å². The van der Waals surface area contributed by atoms with E-state index in [2.05, 4.69) is 18.2 Å². The van der Waals surface area contributed by atoms with Crippen molar-refractivity contribution in [3.63, 3.8) is 0 Å². The average molecular weight is 428 g/mol. The van der Waals surface area contributed by atoms with Gasteiger partial charge in [-0.3, -0.25) is 0 Å². The van der Waals surface area contributed by atoms with Gasteiger partial charge in [0.25, 0.3) is 0 Å². The minimum atomic E-state index is -0.343.